The highest BCUT2D eigenvalue weighted by atomic mass is 79.9. The normalized spacial score (nSPS) is 14.8. The minimum Gasteiger partial charge on any atom is -0.492 e. The van der Waals surface area contributed by atoms with Crippen molar-refractivity contribution in [2.75, 3.05) is 6.61 Å². The minimum absolute atomic E-state index is 0.0850. The maximum atomic E-state index is 13.2. The third-order valence-electron chi connectivity index (χ3n) is 6.00. The molecule has 37 heavy (non-hydrogen) atoms. The van der Waals surface area contributed by atoms with Gasteiger partial charge in [-0.3, -0.25) is 14.5 Å². The first-order chi connectivity index (χ1) is 17.8. The Balaban J connectivity index is 1.38. The van der Waals surface area contributed by atoms with Crippen molar-refractivity contribution in [2.24, 2.45) is 0 Å². The molecule has 2 heterocycles. The minimum atomic E-state index is -0.348. The fourth-order valence-electron chi connectivity index (χ4n) is 4.09. The van der Waals surface area contributed by atoms with Gasteiger partial charge in [0.25, 0.3) is 11.1 Å². The van der Waals surface area contributed by atoms with E-state index in [1.807, 2.05) is 55.6 Å². The van der Waals surface area contributed by atoms with Crippen molar-refractivity contribution in [1.29, 1.82) is 0 Å². The Morgan fingerprint density at radius 2 is 1.81 bits per heavy atom. The SMILES string of the molecule is Cc1ccc(OCCn2cc(/C=C3\SC(=O)N(Cc4ccc(Cl)cc4Cl)C3=O)c3cc(Br)ccc32)cc1. The molecule has 188 valence electrons. The van der Waals surface area contributed by atoms with E-state index in [9.17, 15) is 9.59 Å². The average molecular weight is 616 g/mol. The Bertz CT molecular complexity index is 1550. The number of aromatic nitrogens is 1. The van der Waals surface area contributed by atoms with E-state index in [1.165, 1.54) is 10.5 Å². The van der Waals surface area contributed by atoms with Crippen LogP contribution in [-0.4, -0.2) is 27.2 Å². The van der Waals surface area contributed by atoms with Crippen LogP contribution in [0.15, 0.2) is 76.2 Å². The number of aryl methyl sites for hydroxylation is 1. The van der Waals surface area contributed by atoms with Crippen LogP contribution in [0.25, 0.3) is 17.0 Å². The van der Waals surface area contributed by atoms with Gasteiger partial charge in [-0.15, -0.1) is 0 Å². The van der Waals surface area contributed by atoms with E-state index in [-0.39, 0.29) is 17.7 Å². The molecule has 0 radical (unpaired) electrons. The van der Waals surface area contributed by atoms with E-state index in [2.05, 4.69) is 20.5 Å². The lowest BCUT2D eigenvalue weighted by molar-refractivity contribution is -0.123. The van der Waals surface area contributed by atoms with Crippen LogP contribution in [0.1, 0.15) is 16.7 Å². The van der Waals surface area contributed by atoms with Crippen LogP contribution in [0.2, 0.25) is 10.0 Å². The van der Waals surface area contributed by atoms with Crippen LogP contribution < -0.4 is 4.74 Å². The van der Waals surface area contributed by atoms with Crippen LogP contribution in [0.5, 0.6) is 5.75 Å². The first-order valence-corrected chi connectivity index (χ1v) is 13.8. The highest BCUT2D eigenvalue weighted by Gasteiger charge is 2.35. The second-order valence-electron chi connectivity index (χ2n) is 8.60. The molecule has 1 saturated heterocycles. The highest BCUT2D eigenvalue weighted by Crippen LogP contribution is 2.36. The number of thioether (sulfide) groups is 1. The van der Waals surface area contributed by atoms with Crippen molar-refractivity contribution in [1.82, 2.24) is 9.47 Å². The molecule has 0 bridgehead atoms. The number of carbonyl (C=O) groups excluding carboxylic acids is 2. The van der Waals surface area contributed by atoms with E-state index < -0.39 is 0 Å². The van der Waals surface area contributed by atoms with Crippen LogP contribution in [0, 0.1) is 6.92 Å². The van der Waals surface area contributed by atoms with Gasteiger partial charge in [-0.05, 0) is 72.8 Å². The molecule has 1 aromatic heterocycles. The molecule has 0 atom stereocenters. The van der Waals surface area contributed by atoms with E-state index in [0.717, 1.165) is 38.5 Å². The third kappa shape index (κ3) is 5.75. The molecule has 0 N–H and O–H groups in total. The van der Waals surface area contributed by atoms with Crippen molar-refractivity contribution in [3.05, 3.63) is 103 Å². The Labute approximate surface area is 237 Å². The zero-order valence-corrected chi connectivity index (χ0v) is 23.6. The van der Waals surface area contributed by atoms with Gasteiger partial charge in [-0.1, -0.05) is 62.9 Å². The van der Waals surface area contributed by atoms with Crippen molar-refractivity contribution in [3.63, 3.8) is 0 Å². The molecule has 9 heteroatoms. The monoisotopic (exact) mass is 614 g/mol. The van der Waals surface area contributed by atoms with E-state index in [0.29, 0.717) is 33.7 Å². The van der Waals surface area contributed by atoms with Gasteiger partial charge in [0, 0.05) is 37.2 Å². The fraction of sp³-hybridized carbons (Fsp3) is 0.143. The summed E-state index contributed by atoms with van der Waals surface area (Å²) in [6.07, 6.45) is 3.76. The van der Waals surface area contributed by atoms with Crippen LogP contribution in [-0.2, 0) is 17.9 Å². The van der Waals surface area contributed by atoms with Gasteiger partial charge < -0.3 is 9.30 Å². The molecule has 0 saturated carbocycles. The van der Waals surface area contributed by atoms with Gasteiger partial charge >= 0.3 is 0 Å². The summed E-state index contributed by atoms with van der Waals surface area (Å²) in [5.41, 5.74) is 3.69. The fourth-order valence-corrected chi connectivity index (χ4v) is 5.75. The number of nitrogens with zero attached hydrogens (tertiary/aromatic N) is 2. The summed E-state index contributed by atoms with van der Waals surface area (Å²) in [5, 5.41) is 1.54. The van der Waals surface area contributed by atoms with Crippen molar-refractivity contribution in [3.8, 4) is 5.75 Å². The zero-order valence-electron chi connectivity index (χ0n) is 19.7. The number of carbonyl (C=O) groups is 2. The van der Waals surface area contributed by atoms with E-state index in [4.69, 9.17) is 27.9 Å². The molecule has 1 fully saturated rings. The molecule has 3 aromatic carbocycles. The molecular formula is C28H21BrCl2N2O3S. The van der Waals surface area contributed by atoms with Crippen molar-refractivity contribution < 1.29 is 14.3 Å². The third-order valence-corrected chi connectivity index (χ3v) is 7.99. The quantitative estimate of drug-likeness (QED) is 0.196. The second kappa shape index (κ2) is 11.0. The predicted molar refractivity (Wildman–Crippen MR) is 154 cm³/mol. The lowest BCUT2D eigenvalue weighted by Gasteiger charge is -2.13. The predicted octanol–water partition coefficient (Wildman–Crippen LogP) is 8.33. The van der Waals surface area contributed by atoms with Crippen LogP contribution >= 0.6 is 50.9 Å². The Hall–Kier alpha value is -2.71. The van der Waals surface area contributed by atoms with Crippen LogP contribution in [0.3, 0.4) is 0 Å². The Morgan fingerprint density at radius 3 is 2.57 bits per heavy atom. The number of rotatable bonds is 7. The maximum absolute atomic E-state index is 13.2. The lowest BCUT2D eigenvalue weighted by Crippen LogP contribution is -2.27. The standard InChI is InChI=1S/C28H21BrCl2N2O3S/c1-17-2-7-22(8-3-17)36-11-10-32-15-19(23-13-20(29)5-9-25(23)32)12-26-27(34)33(28(35)37-26)16-18-4-6-21(30)14-24(18)31/h2-9,12-15H,10-11,16H2,1H3/b26-12-. The first-order valence-electron chi connectivity index (χ1n) is 11.5. The number of ether oxygens (including phenoxy) is 1. The summed E-state index contributed by atoms with van der Waals surface area (Å²) in [5.74, 6) is 0.471. The molecule has 2 amide bonds. The Kier molecular flexibility index (Phi) is 7.67. The molecule has 1 aliphatic rings. The Morgan fingerprint density at radius 1 is 1.03 bits per heavy atom. The summed E-state index contributed by atoms with van der Waals surface area (Å²) in [7, 11) is 0. The average Bonchev–Trinajstić information content (AvgIpc) is 3.33. The van der Waals surface area contributed by atoms with Gasteiger partial charge in [0.05, 0.1) is 18.0 Å². The smallest absolute Gasteiger partial charge is 0.293 e. The summed E-state index contributed by atoms with van der Waals surface area (Å²) in [6.45, 7) is 3.23. The topological polar surface area (TPSA) is 51.5 Å². The molecular weight excluding hydrogens is 595 g/mol. The lowest BCUT2D eigenvalue weighted by atomic mass is 10.1. The second-order valence-corrected chi connectivity index (χ2v) is 11.4. The molecule has 0 unspecified atom stereocenters. The zero-order chi connectivity index (χ0) is 26.1. The highest BCUT2D eigenvalue weighted by molar-refractivity contribution is 9.10. The van der Waals surface area contributed by atoms with Gasteiger partial charge in [0.1, 0.15) is 12.4 Å². The van der Waals surface area contributed by atoms with Gasteiger partial charge in [0.15, 0.2) is 0 Å². The van der Waals surface area contributed by atoms with Crippen molar-refractivity contribution >= 4 is 79.0 Å². The van der Waals surface area contributed by atoms with Gasteiger partial charge in [-0.2, -0.15) is 0 Å². The summed E-state index contributed by atoms with van der Waals surface area (Å²) in [4.78, 5) is 27.5. The number of hydrogen-bond donors (Lipinski definition) is 0. The van der Waals surface area contributed by atoms with Crippen LogP contribution in [0.4, 0.5) is 4.79 Å². The number of benzene rings is 3. The molecule has 4 aromatic rings. The number of hydrogen-bond acceptors (Lipinski definition) is 4. The van der Waals surface area contributed by atoms with Gasteiger partial charge in [0.2, 0.25) is 0 Å². The molecule has 0 aliphatic carbocycles. The molecule has 5 nitrogen and oxygen atoms in total. The number of amides is 2. The molecule has 5 rings (SSSR count). The largest absolute Gasteiger partial charge is 0.492 e. The van der Waals surface area contributed by atoms with Crippen molar-refractivity contribution in [2.45, 2.75) is 20.0 Å². The summed E-state index contributed by atoms with van der Waals surface area (Å²) < 4.78 is 8.95. The maximum Gasteiger partial charge on any atom is 0.293 e. The number of imide groups is 1. The first kappa shape index (κ1) is 25.9. The summed E-state index contributed by atoms with van der Waals surface area (Å²) in [6, 6.07) is 19.0. The number of halogens is 3. The van der Waals surface area contributed by atoms with E-state index >= 15 is 0 Å². The summed E-state index contributed by atoms with van der Waals surface area (Å²) >= 11 is 16.7. The molecule has 0 spiro atoms. The van der Waals surface area contributed by atoms with Gasteiger partial charge in [-0.25, -0.2) is 0 Å². The van der Waals surface area contributed by atoms with E-state index in [1.54, 1.807) is 24.3 Å². The molecule has 1 aliphatic heterocycles. The number of fused-ring (bicyclic) bond motifs is 1.